The first-order valence-electron chi connectivity index (χ1n) is 3.70. The van der Waals surface area contributed by atoms with Crippen LogP contribution in [0.2, 0.25) is 0 Å². The van der Waals surface area contributed by atoms with Crippen LogP contribution >= 0.6 is 0 Å². The molecule has 0 aromatic heterocycles. The second kappa shape index (κ2) is 3.09. The molecule has 3 heteroatoms. The highest BCUT2D eigenvalue weighted by Crippen LogP contribution is 2.25. The van der Waals surface area contributed by atoms with E-state index in [9.17, 15) is 8.78 Å². The summed E-state index contributed by atoms with van der Waals surface area (Å²) in [5.41, 5.74) is 0.328. The molecule has 0 spiro atoms. The molecule has 1 rings (SSSR count). The molecule has 0 aliphatic rings. The SMILES string of the molecule is CC(C)c1cc(O)c(F)cc1F. The topological polar surface area (TPSA) is 20.2 Å². The van der Waals surface area contributed by atoms with E-state index < -0.39 is 17.4 Å². The van der Waals surface area contributed by atoms with Crippen molar-refractivity contribution in [1.29, 1.82) is 0 Å². The van der Waals surface area contributed by atoms with Crippen LogP contribution in [-0.2, 0) is 0 Å². The molecule has 0 aliphatic carbocycles. The van der Waals surface area contributed by atoms with E-state index in [0.29, 0.717) is 11.6 Å². The van der Waals surface area contributed by atoms with E-state index in [1.165, 1.54) is 0 Å². The maximum Gasteiger partial charge on any atom is 0.167 e. The maximum absolute atomic E-state index is 12.9. The largest absolute Gasteiger partial charge is 0.505 e. The van der Waals surface area contributed by atoms with Crippen molar-refractivity contribution < 1.29 is 13.9 Å². The number of hydrogen-bond acceptors (Lipinski definition) is 1. The number of hydrogen-bond donors (Lipinski definition) is 1. The van der Waals surface area contributed by atoms with Crippen molar-refractivity contribution in [1.82, 2.24) is 0 Å². The van der Waals surface area contributed by atoms with Crippen LogP contribution in [-0.4, -0.2) is 5.11 Å². The normalized spacial score (nSPS) is 10.8. The van der Waals surface area contributed by atoms with Crippen LogP contribution < -0.4 is 0 Å². The molecule has 1 aromatic rings. The van der Waals surface area contributed by atoms with Gasteiger partial charge in [0, 0.05) is 6.07 Å². The molecular weight excluding hydrogens is 162 g/mol. The Labute approximate surface area is 69.7 Å². The minimum absolute atomic E-state index is 0.0588. The summed E-state index contributed by atoms with van der Waals surface area (Å²) < 4.78 is 25.5. The monoisotopic (exact) mass is 172 g/mol. The predicted octanol–water partition coefficient (Wildman–Crippen LogP) is 2.79. The summed E-state index contributed by atoms with van der Waals surface area (Å²) in [5, 5.41) is 8.93. The van der Waals surface area contributed by atoms with E-state index in [2.05, 4.69) is 0 Å². The molecule has 12 heavy (non-hydrogen) atoms. The molecule has 0 bridgehead atoms. The molecule has 0 saturated carbocycles. The maximum atomic E-state index is 12.9. The fourth-order valence-corrected chi connectivity index (χ4v) is 0.996. The van der Waals surface area contributed by atoms with Crippen LogP contribution in [0.5, 0.6) is 5.75 Å². The first-order chi connectivity index (χ1) is 5.52. The highest BCUT2D eigenvalue weighted by atomic mass is 19.1. The average molecular weight is 172 g/mol. The standard InChI is InChI=1S/C9H10F2O/c1-5(2)6-3-9(12)8(11)4-7(6)10/h3-5,12H,1-2H3. The van der Waals surface area contributed by atoms with Gasteiger partial charge in [0.05, 0.1) is 0 Å². The Bertz CT molecular complexity index is 295. The molecule has 0 unspecified atom stereocenters. The van der Waals surface area contributed by atoms with Gasteiger partial charge < -0.3 is 5.11 Å². The Hall–Kier alpha value is -1.12. The third-order valence-corrected chi connectivity index (χ3v) is 1.69. The number of rotatable bonds is 1. The average Bonchev–Trinajstić information content (AvgIpc) is 1.96. The van der Waals surface area contributed by atoms with Crippen molar-refractivity contribution in [2.24, 2.45) is 0 Å². The van der Waals surface area contributed by atoms with E-state index in [1.807, 2.05) is 0 Å². The lowest BCUT2D eigenvalue weighted by molar-refractivity contribution is 0.425. The van der Waals surface area contributed by atoms with Gasteiger partial charge in [-0.2, -0.15) is 0 Å². The minimum atomic E-state index is -0.920. The lowest BCUT2D eigenvalue weighted by atomic mass is 10.0. The fourth-order valence-electron chi connectivity index (χ4n) is 0.996. The van der Waals surface area contributed by atoms with Gasteiger partial charge >= 0.3 is 0 Å². The third kappa shape index (κ3) is 1.55. The molecule has 1 aromatic carbocycles. The van der Waals surface area contributed by atoms with Crippen molar-refractivity contribution in [2.75, 3.05) is 0 Å². The minimum Gasteiger partial charge on any atom is -0.505 e. The molecule has 66 valence electrons. The van der Waals surface area contributed by atoms with Gasteiger partial charge in [0.25, 0.3) is 0 Å². The molecule has 1 nitrogen and oxygen atoms in total. The van der Waals surface area contributed by atoms with Gasteiger partial charge in [-0.05, 0) is 17.5 Å². The van der Waals surface area contributed by atoms with E-state index in [4.69, 9.17) is 5.11 Å². The van der Waals surface area contributed by atoms with Crippen molar-refractivity contribution in [3.63, 3.8) is 0 Å². The quantitative estimate of drug-likeness (QED) is 0.690. The second-order valence-corrected chi connectivity index (χ2v) is 2.98. The van der Waals surface area contributed by atoms with Gasteiger partial charge in [-0.15, -0.1) is 0 Å². The molecule has 0 atom stereocenters. The fraction of sp³-hybridized carbons (Fsp3) is 0.333. The lowest BCUT2D eigenvalue weighted by Gasteiger charge is -2.07. The predicted molar refractivity (Wildman–Crippen MR) is 42.1 cm³/mol. The number of halogens is 2. The Balaban J connectivity index is 3.23. The van der Waals surface area contributed by atoms with Gasteiger partial charge in [0.1, 0.15) is 5.82 Å². The van der Waals surface area contributed by atoms with Crippen LogP contribution in [0.25, 0.3) is 0 Å². The summed E-state index contributed by atoms with van der Waals surface area (Å²) in [7, 11) is 0. The van der Waals surface area contributed by atoms with Crippen LogP contribution in [0, 0.1) is 11.6 Å². The molecule has 0 aliphatic heterocycles. The van der Waals surface area contributed by atoms with Crippen LogP contribution in [0.4, 0.5) is 8.78 Å². The highest BCUT2D eigenvalue weighted by Gasteiger charge is 2.11. The smallest absolute Gasteiger partial charge is 0.167 e. The highest BCUT2D eigenvalue weighted by molar-refractivity contribution is 5.32. The molecule has 0 saturated heterocycles. The summed E-state index contributed by atoms with van der Waals surface area (Å²) >= 11 is 0. The third-order valence-electron chi connectivity index (χ3n) is 1.69. The van der Waals surface area contributed by atoms with E-state index in [1.54, 1.807) is 13.8 Å². The molecule has 0 fully saturated rings. The van der Waals surface area contributed by atoms with E-state index in [-0.39, 0.29) is 5.92 Å². The number of phenols is 1. The van der Waals surface area contributed by atoms with Crippen molar-refractivity contribution >= 4 is 0 Å². The zero-order chi connectivity index (χ0) is 9.30. The van der Waals surface area contributed by atoms with Crippen molar-refractivity contribution in [3.8, 4) is 5.75 Å². The number of phenolic OH excluding ortho intramolecular Hbond substituents is 1. The summed E-state index contributed by atoms with van der Waals surface area (Å²) in [4.78, 5) is 0. The molecule has 0 heterocycles. The van der Waals surface area contributed by atoms with Gasteiger partial charge in [-0.3, -0.25) is 0 Å². The molecule has 0 amide bonds. The molecule has 0 radical (unpaired) electrons. The van der Waals surface area contributed by atoms with Crippen molar-refractivity contribution in [3.05, 3.63) is 29.3 Å². The molecular formula is C9H10F2O. The summed E-state index contributed by atoms with van der Waals surface area (Å²) in [6.07, 6.45) is 0. The van der Waals surface area contributed by atoms with E-state index in [0.717, 1.165) is 6.07 Å². The van der Waals surface area contributed by atoms with Crippen LogP contribution in [0.1, 0.15) is 25.3 Å². The van der Waals surface area contributed by atoms with Crippen molar-refractivity contribution in [2.45, 2.75) is 19.8 Å². The Kier molecular flexibility index (Phi) is 2.31. The second-order valence-electron chi connectivity index (χ2n) is 2.98. The first-order valence-corrected chi connectivity index (χ1v) is 3.70. The Morgan fingerprint density at radius 3 is 2.25 bits per heavy atom. The summed E-state index contributed by atoms with van der Waals surface area (Å²) in [6.45, 7) is 3.55. The Morgan fingerprint density at radius 2 is 1.75 bits per heavy atom. The molecule has 1 N–H and O–H groups in total. The lowest BCUT2D eigenvalue weighted by Crippen LogP contribution is -1.94. The zero-order valence-corrected chi connectivity index (χ0v) is 6.94. The Morgan fingerprint density at radius 1 is 1.17 bits per heavy atom. The summed E-state index contributed by atoms with van der Waals surface area (Å²) in [5.74, 6) is -2.09. The van der Waals surface area contributed by atoms with Crippen LogP contribution in [0.15, 0.2) is 12.1 Å². The van der Waals surface area contributed by atoms with Gasteiger partial charge in [0.15, 0.2) is 11.6 Å². The summed E-state index contributed by atoms with van der Waals surface area (Å²) in [6, 6.07) is 1.82. The van der Waals surface area contributed by atoms with E-state index >= 15 is 0 Å². The van der Waals surface area contributed by atoms with Gasteiger partial charge in [-0.25, -0.2) is 8.78 Å². The zero-order valence-electron chi connectivity index (χ0n) is 6.94. The number of aromatic hydroxyl groups is 1. The van der Waals surface area contributed by atoms with Gasteiger partial charge in [-0.1, -0.05) is 13.8 Å². The van der Waals surface area contributed by atoms with Crippen LogP contribution in [0.3, 0.4) is 0 Å². The first kappa shape index (κ1) is 8.97. The van der Waals surface area contributed by atoms with Gasteiger partial charge in [0.2, 0.25) is 0 Å². The number of benzene rings is 1.